The molecule has 1 fully saturated rings. The van der Waals surface area contributed by atoms with Gasteiger partial charge < -0.3 is 49.3 Å². The largest absolute Gasteiger partial charge is 0.508 e. The van der Waals surface area contributed by atoms with Crippen LogP contribution in [0.15, 0.2) is 51.9 Å². The Morgan fingerprint density at radius 1 is 0.973 bits per heavy atom. The number of aromatic hydroxyl groups is 2. The average Bonchev–Trinajstić information content (AvgIpc) is 2.84. The van der Waals surface area contributed by atoms with Gasteiger partial charge in [-0.25, -0.2) is 0 Å². The van der Waals surface area contributed by atoms with E-state index in [0.29, 0.717) is 5.56 Å². The smallest absolute Gasteiger partial charge is 0.317 e. The summed E-state index contributed by atoms with van der Waals surface area (Å²) in [6, 6.07) is 8.05. The molecule has 6 N–H and O–H groups in total. The van der Waals surface area contributed by atoms with Gasteiger partial charge in [0.1, 0.15) is 71.9 Å². The van der Waals surface area contributed by atoms with Crippen LogP contribution in [0.1, 0.15) is 6.42 Å². The van der Waals surface area contributed by atoms with Gasteiger partial charge in [-0.2, -0.15) is 0 Å². The molecule has 37 heavy (non-hydrogen) atoms. The second-order valence-electron chi connectivity index (χ2n) is 8.23. The van der Waals surface area contributed by atoms with Crippen molar-refractivity contribution in [1.29, 1.82) is 0 Å². The number of carbonyl (C=O) groups excluding carboxylic acids is 1. The number of phenols is 2. The molecule has 2 aromatic carbocycles. The number of benzene rings is 2. The van der Waals surface area contributed by atoms with E-state index in [-0.39, 0.29) is 28.0 Å². The average molecular weight is 518 g/mol. The Labute approximate surface area is 207 Å². The lowest BCUT2D eigenvalue weighted by molar-refractivity contribution is -0.278. The number of hydrogen-bond acceptors (Lipinski definition) is 12. The Balaban J connectivity index is 1.56. The molecular weight excluding hydrogens is 496 g/mol. The van der Waals surface area contributed by atoms with Crippen LogP contribution < -0.4 is 10.2 Å². The Bertz CT molecular complexity index is 1360. The summed E-state index contributed by atoms with van der Waals surface area (Å²) in [6.45, 7) is -0.644. The summed E-state index contributed by atoms with van der Waals surface area (Å²) in [6.07, 6.45) is -8.04. The molecule has 5 atom stereocenters. The third-order valence-electron chi connectivity index (χ3n) is 5.63. The van der Waals surface area contributed by atoms with Crippen molar-refractivity contribution in [3.05, 3.63) is 52.9 Å². The molecule has 0 amide bonds. The molecule has 1 aliphatic rings. The van der Waals surface area contributed by atoms with Gasteiger partial charge in [0.15, 0.2) is 0 Å². The summed E-state index contributed by atoms with van der Waals surface area (Å²) < 4.78 is 21.2. The van der Waals surface area contributed by atoms with Crippen LogP contribution in [0.4, 0.5) is 0 Å². The van der Waals surface area contributed by atoms with Crippen LogP contribution in [-0.2, 0) is 19.1 Å². The van der Waals surface area contributed by atoms with Crippen LogP contribution in [0.5, 0.6) is 17.2 Å². The summed E-state index contributed by atoms with van der Waals surface area (Å²) in [4.78, 5) is 35.0. The zero-order valence-electron chi connectivity index (χ0n) is 18.9. The lowest BCUT2D eigenvalue weighted by atomic mass is 9.99. The third kappa shape index (κ3) is 5.49. The highest BCUT2D eigenvalue weighted by atomic mass is 16.7. The molecule has 1 saturated heterocycles. The number of aliphatic carboxylic acids is 1. The van der Waals surface area contributed by atoms with Crippen molar-refractivity contribution < 1.29 is 58.9 Å². The lowest BCUT2D eigenvalue weighted by Crippen LogP contribution is -2.60. The molecule has 0 bridgehead atoms. The molecular formula is C24H22O13. The van der Waals surface area contributed by atoms with Gasteiger partial charge >= 0.3 is 11.9 Å². The lowest BCUT2D eigenvalue weighted by Gasteiger charge is -2.39. The van der Waals surface area contributed by atoms with E-state index in [4.69, 9.17) is 23.7 Å². The highest BCUT2D eigenvalue weighted by molar-refractivity contribution is 5.90. The predicted molar refractivity (Wildman–Crippen MR) is 122 cm³/mol. The molecule has 0 spiro atoms. The number of carboxylic acid groups (broad SMARTS) is 1. The highest BCUT2D eigenvalue weighted by Gasteiger charge is 2.45. The van der Waals surface area contributed by atoms with E-state index in [1.807, 2.05) is 0 Å². The van der Waals surface area contributed by atoms with Gasteiger partial charge in [-0.1, -0.05) is 12.1 Å². The zero-order chi connectivity index (χ0) is 26.9. The Morgan fingerprint density at radius 3 is 2.35 bits per heavy atom. The number of esters is 1. The minimum absolute atomic E-state index is 0.00369. The van der Waals surface area contributed by atoms with Crippen LogP contribution in [0.3, 0.4) is 0 Å². The molecule has 196 valence electrons. The fraction of sp³-hybridized carbons (Fsp3) is 0.292. The van der Waals surface area contributed by atoms with Gasteiger partial charge in [0.05, 0.1) is 5.56 Å². The number of aliphatic hydroxyl groups excluding tert-OH is 3. The molecule has 2 unspecified atom stereocenters. The standard InChI is InChI=1S/C24H22O13/c25-11-3-1-10(2-4-11)13-8-34-15-6-12(5-14(26)19(15)20(13)30)36-24-23(33)22(32)21(31)16(37-24)9-35-18(29)7-17(27)28/h1-6,8,16,21-26,31-33H,7,9H2,(H,27,28)/t16?,21-,22+,23?,24-/m1/s1. The normalized spacial score (nSPS) is 23.5. The number of carboxylic acids is 1. The summed E-state index contributed by atoms with van der Waals surface area (Å²) in [5, 5.41) is 59.0. The predicted octanol–water partition coefficient (Wildman–Crippen LogP) is 0.0755. The summed E-state index contributed by atoms with van der Waals surface area (Å²) in [5.74, 6) is -3.19. The number of phenolic OH excluding ortho intramolecular Hbond substituents is 2. The Hall–Kier alpha value is -4.17. The van der Waals surface area contributed by atoms with Gasteiger partial charge in [-0.3, -0.25) is 14.4 Å². The van der Waals surface area contributed by atoms with Crippen LogP contribution in [-0.4, -0.2) is 79.9 Å². The van der Waals surface area contributed by atoms with E-state index in [9.17, 15) is 39.9 Å². The first-order chi connectivity index (χ1) is 17.5. The first-order valence-corrected chi connectivity index (χ1v) is 10.9. The fourth-order valence-electron chi connectivity index (χ4n) is 3.75. The quantitative estimate of drug-likeness (QED) is 0.181. The first kappa shape index (κ1) is 25.9. The van der Waals surface area contributed by atoms with E-state index >= 15 is 0 Å². The van der Waals surface area contributed by atoms with E-state index in [2.05, 4.69) is 0 Å². The van der Waals surface area contributed by atoms with Crippen LogP contribution in [0.2, 0.25) is 0 Å². The molecule has 1 aromatic heterocycles. The van der Waals surface area contributed by atoms with Gasteiger partial charge in [0, 0.05) is 12.1 Å². The molecule has 0 saturated carbocycles. The highest BCUT2D eigenvalue weighted by Crippen LogP contribution is 2.33. The minimum atomic E-state index is -1.79. The van der Waals surface area contributed by atoms with Gasteiger partial charge in [0.25, 0.3) is 0 Å². The molecule has 4 rings (SSSR count). The molecule has 0 aliphatic carbocycles. The second kappa shape index (κ2) is 10.4. The second-order valence-corrected chi connectivity index (χ2v) is 8.23. The monoisotopic (exact) mass is 518 g/mol. The number of fused-ring (bicyclic) bond motifs is 1. The van der Waals surface area contributed by atoms with Gasteiger partial charge in [-0.05, 0) is 17.7 Å². The van der Waals surface area contributed by atoms with Crippen LogP contribution in [0.25, 0.3) is 22.1 Å². The Morgan fingerprint density at radius 2 is 1.68 bits per heavy atom. The molecule has 2 heterocycles. The van der Waals surface area contributed by atoms with Crippen molar-refractivity contribution in [3.63, 3.8) is 0 Å². The fourth-order valence-corrected chi connectivity index (χ4v) is 3.75. The topological polar surface area (TPSA) is 213 Å². The van der Waals surface area contributed by atoms with E-state index in [1.165, 1.54) is 30.3 Å². The number of rotatable bonds is 7. The van der Waals surface area contributed by atoms with Crippen LogP contribution in [0, 0.1) is 0 Å². The van der Waals surface area contributed by atoms with Crippen molar-refractivity contribution in [2.24, 2.45) is 0 Å². The molecule has 13 nitrogen and oxygen atoms in total. The third-order valence-corrected chi connectivity index (χ3v) is 5.63. The van der Waals surface area contributed by atoms with Crippen molar-refractivity contribution >= 4 is 22.9 Å². The zero-order valence-corrected chi connectivity index (χ0v) is 18.9. The van der Waals surface area contributed by atoms with Gasteiger partial charge in [0.2, 0.25) is 11.7 Å². The Kier molecular flexibility index (Phi) is 7.31. The van der Waals surface area contributed by atoms with E-state index < -0.39 is 66.9 Å². The number of carbonyl (C=O) groups is 2. The van der Waals surface area contributed by atoms with Crippen LogP contribution >= 0.6 is 0 Å². The molecule has 1 aliphatic heterocycles. The molecule has 0 radical (unpaired) electrons. The van der Waals surface area contributed by atoms with Gasteiger partial charge in [-0.15, -0.1) is 0 Å². The number of hydrogen-bond donors (Lipinski definition) is 6. The summed E-state index contributed by atoms with van der Waals surface area (Å²) in [5.41, 5.74) is -0.0752. The molecule has 13 heteroatoms. The van der Waals surface area contributed by atoms with E-state index in [0.717, 1.165) is 12.3 Å². The first-order valence-electron chi connectivity index (χ1n) is 10.9. The number of aliphatic hydroxyl groups is 3. The van der Waals surface area contributed by atoms with Crippen molar-refractivity contribution in [3.8, 4) is 28.4 Å². The summed E-state index contributed by atoms with van der Waals surface area (Å²) in [7, 11) is 0. The maximum absolute atomic E-state index is 13.0. The minimum Gasteiger partial charge on any atom is -0.508 e. The van der Waals surface area contributed by atoms with E-state index in [1.54, 1.807) is 0 Å². The van der Waals surface area contributed by atoms with Crippen molar-refractivity contribution in [1.82, 2.24) is 0 Å². The maximum atomic E-state index is 13.0. The van der Waals surface area contributed by atoms with Crippen molar-refractivity contribution in [2.75, 3.05) is 6.61 Å². The maximum Gasteiger partial charge on any atom is 0.317 e. The molecule has 3 aromatic rings. The number of ether oxygens (including phenoxy) is 3. The summed E-state index contributed by atoms with van der Waals surface area (Å²) >= 11 is 0. The van der Waals surface area contributed by atoms with Crippen molar-refractivity contribution in [2.45, 2.75) is 37.1 Å². The SMILES string of the molecule is O=C(O)CC(=O)OCC1O[C@@H](Oc2cc(O)c3c(=O)c(-c4ccc(O)cc4)coc3c2)C(O)[C@@H](O)[C@@H]1O.